The lowest BCUT2D eigenvalue weighted by molar-refractivity contribution is 0.228. The Balaban J connectivity index is 1.77. The average Bonchev–Trinajstić information content (AvgIpc) is 2.81. The summed E-state index contributed by atoms with van der Waals surface area (Å²) in [5.41, 5.74) is 2.52. The topological polar surface area (TPSA) is 48.0 Å². The van der Waals surface area contributed by atoms with E-state index in [0.29, 0.717) is 12.5 Å². The van der Waals surface area contributed by atoms with Crippen molar-refractivity contribution in [1.82, 2.24) is 10.3 Å². The first-order chi connectivity index (χ1) is 8.81. The van der Waals surface area contributed by atoms with Gasteiger partial charge in [-0.3, -0.25) is 0 Å². The molecule has 0 amide bonds. The lowest BCUT2D eigenvalue weighted by atomic mass is 10.1. The van der Waals surface area contributed by atoms with Crippen molar-refractivity contribution in [2.75, 3.05) is 13.2 Å². The average molecular weight is 246 g/mol. The summed E-state index contributed by atoms with van der Waals surface area (Å²) in [4.78, 5) is 3.28. The van der Waals surface area contributed by atoms with Gasteiger partial charge in [0.15, 0.2) is 0 Å². The van der Waals surface area contributed by atoms with Crippen molar-refractivity contribution >= 4 is 10.9 Å². The molecule has 2 aromatic rings. The normalized spacial score (nSPS) is 13.0. The third-order valence-electron chi connectivity index (χ3n) is 3.35. The Kier molecular flexibility index (Phi) is 4.79. The molecule has 1 aromatic heterocycles. The molecule has 98 valence electrons. The summed E-state index contributed by atoms with van der Waals surface area (Å²) in [6.07, 6.45) is 4.27. The highest BCUT2D eigenvalue weighted by Gasteiger charge is 2.02. The van der Waals surface area contributed by atoms with E-state index in [4.69, 9.17) is 5.11 Å². The van der Waals surface area contributed by atoms with E-state index in [0.717, 1.165) is 25.9 Å². The van der Waals surface area contributed by atoms with Gasteiger partial charge in [-0.05, 0) is 36.9 Å². The Bertz CT molecular complexity index is 478. The molecule has 18 heavy (non-hydrogen) atoms. The van der Waals surface area contributed by atoms with Crippen molar-refractivity contribution in [3.63, 3.8) is 0 Å². The van der Waals surface area contributed by atoms with E-state index in [9.17, 15) is 0 Å². The number of benzene rings is 1. The second-order valence-corrected chi connectivity index (χ2v) is 4.97. The third kappa shape index (κ3) is 3.34. The number of rotatable bonds is 7. The highest BCUT2D eigenvalue weighted by Crippen LogP contribution is 2.17. The Morgan fingerprint density at radius 2 is 2.17 bits per heavy atom. The van der Waals surface area contributed by atoms with Crippen LogP contribution in [0.1, 0.15) is 25.3 Å². The van der Waals surface area contributed by atoms with Crippen molar-refractivity contribution < 1.29 is 5.11 Å². The summed E-state index contributed by atoms with van der Waals surface area (Å²) < 4.78 is 0. The number of hydrogen-bond acceptors (Lipinski definition) is 2. The number of aliphatic hydroxyl groups excluding tert-OH is 1. The quantitative estimate of drug-likeness (QED) is 0.658. The fourth-order valence-corrected chi connectivity index (χ4v) is 2.17. The first-order valence-corrected chi connectivity index (χ1v) is 6.68. The molecule has 0 fully saturated rings. The fourth-order valence-electron chi connectivity index (χ4n) is 2.17. The van der Waals surface area contributed by atoms with Crippen molar-refractivity contribution in [2.24, 2.45) is 5.92 Å². The minimum Gasteiger partial charge on any atom is -0.396 e. The summed E-state index contributed by atoms with van der Waals surface area (Å²) in [6.45, 7) is 4.28. The zero-order chi connectivity index (χ0) is 12.8. The van der Waals surface area contributed by atoms with E-state index >= 15 is 0 Å². The molecule has 0 aliphatic rings. The van der Waals surface area contributed by atoms with Gasteiger partial charge in [-0.15, -0.1) is 0 Å². The second kappa shape index (κ2) is 6.57. The van der Waals surface area contributed by atoms with Gasteiger partial charge < -0.3 is 15.4 Å². The van der Waals surface area contributed by atoms with Gasteiger partial charge in [0.25, 0.3) is 0 Å². The molecule has 3 nitrogen and oxygen atoms in total. The Hall–Kier alpha value is -1.32. The number of aliphatic hydroxyl groups is 1. The van der Waals surface area contributed by atoms with Crippen LogP contribution < -0.4 is 5.32 Å². The number of aromatic nitrogens is 1. The molecule has 1 aromatic carbocycles. The van der Waals surface area contributed by atoms with E-state index in [1.54, 1.807) is 0 Å². The van der Waals surface area contributed by atoms with Gasteiger partial charge in [0.1, 0.15) is 0 Å². The first kappa shape index (κ1) is 13.1. The van der Waals surface area contributed by atoms with Gasteiger partial charge >= 0.3 is 0 Å². The molecule has 0 saturated carbocycles. The fraction of sp³-hybridized carbons (Fsp3) is 0.467. The molecular weight excluding hydrogens is 224 g/mol. The molecule has 2 rings (SSSR count). The number of fused-ring (bicyclic) bond motifs is 1. The Morgan fingerprint density at radius 1 is 1.33 bits per heavy atom. The van der Waals surface area contributed by atoms with E-state index < -0.39 is 0 Å². The van der Waals surface area contributed by atoms with Crippen LogP contribution in [-0.2, 0) is 6.54 Å². The van der Waals surface area contributed by atoms with Gasteiger partial charge in [-0.25, -0.2) is 0 Å². The Morgan fingerprint density at radius 3 is 3.00 bits per heavy atom. The number of H-pyrrole nitrogens is 1. The summed E-state index contributed by atoms with van der Waals surface area (Å²) in [6, 6.07) is 8.37. The van der Waals surface area contributed by atoms with Crippen molar-refractivity contribution in [3.8, 4) is 0 Å². The standard InChI is InChI=1S/C15H22N2O/c1-12(11-18)5-4-8-16-9-13-10-17-15-7-3-2-6-14(13)15/h2-3,6-7,10,12,16-18H,4-5,8-9,11H2,1H3. The van der Waals surface area contributed by atoms with Crippen LogP contribution in [0.5, 0.6) is 0 Å². The predicted octanol–water partition coefficient (Wildman–Crippen LogP) is 2.67. The van der Waals surface area contributed by atoms with Crippen LogP contribution in [0, 0.1) is 5.92 Å². The van der Waals surface area contributed by atoms with Crippen LogP contribution in [0.2, 0.25) is 0 Å². The zero-order valence-electron chi connectivity index (χ0n) is 10.9. The summed E-state index contributed by atoms with van der Waals surface area (Å²) in [5.74, 6) is 0.417. The smallest absolute Gasteiger partial charge is 0.0457 e. The van der Waals surface area contributed by atoms with E-state index in [-0.39, 0.29) is 0 Å². The summed E-state index contributed by atoms with van der Waals surface area (Å²) in [7, 11) is 0. The molecule has 0 aliphatic heterocycles. The molecule has 3 N–H and O–H groups in total. The van der Waals surface area contributed by atoms with E-state index in [1.807, 2.05) is 6.07 Å². The maximum Gasteiger partial charge on any atom is 0.0457 e. The molecule has 0 aliphatic carbocycles. The minimum absolute atomic E-state index is 0.294. The number of para-hydroxylation sites is 1. The molecule has 0 bridgehead atoms. The third-order valence-corrected chi connectivity index (χ3v) is 3.35. The van der Waals surface area contributed by atoms with Crippen molar-refractivity contribution in [2.45, 2.75) is 26.3 Å². The molecule has 3 heteroatoms. The van der Waals surface area contributed by atoms with E-state index in [2.05, 4.69) is 41.6 Å². The number of hydrogen-bond donors (Lipinski definition) is 3. The largest absolute Gasteiger partial charge is 0.396 e. The zero-order valence-corrected chi connectivity index (χ0v) is 10.9. The monoisotopic (exact) mass is 246 g/mol. The van der Waals surface area contributed by atoms with Gasteiger partial charge in [-0.1, -0.05) is 25.1 Å². The molecule has 1 atom stereocenters. The van der Waals surface area contributed by atoms with E-state index in [1.165, 1.54) is 16.5 Å². The van der Waals surface area contributed by atoms with Crippen LogP contribution in [0.15, 0.2) is 30.5 Å². The van der Waals surface area contributed by atoms with Crippen LogP contribution in [-0.4, -0.2) is 23.2 Å². The first-order valence-electron chi connectivity index (χ1n) is 6.68. The molecule has 0 radical (unpaired) electrons. The van der Waals surface area contributed by atoms with Crippen molar-refractivity contribution in [1.29, 1.82) is 0 Å². The Labute approximate surface area is 108 Å². The van der Waals surface area contributed by atoms with Crippen LogP contribution in [0.3, 0.4) is 0 Å². The van der Waals surface area contributed by atoms with Crippen LogP contribution in [0.4, 0.5) is 0 Å². The lowest BCUT2D eigenvalue weighted by Crippen LogP contribution is -2.15. The second-order valence-electron chi connectivity index (χ2n) is 4.97. The summed E-state index contributed by atoms with van der Waals surface area (Å²) >= 11 is 0. The van der Waals surface area contributed by atoms with Gasteiger partial charge in [0.2, 0.25) is 0 Å². The molecule has 0 saturated heterocycles. The van der Waals surface area contributed by atoms with Gasteiger partial charge in [0.05, 0.1) is 0 Å². The maximum atomic E-state index is 8.94. The highest BCUT2D eigenvalue weighted by atomic mass is 16.3. The van der Waals surface area contributed by atoms with Gasteiger partial charge in [-0.2, -0.15) is 0 Å². The highest BCUT2D eigenvalue weighted by molar-refractivity contribution is 5.82. The number of aromatic amines is 1. The minimum atomic E-state index is 0.294. The SMILES string of the molecule is CC(CO)CCCNCc1c[nH]c2ccccc12. The van der Waals surface area contributed by atoms with Crippen LogP contribution in [0.25, 0.3) is 10.9 Å². The predicted molar refractivity (Wildman–Crippen MR) is 75.5 cm³/mol. The van der Waals surface area contributed by atoms with Crippen molar-refractivity contribution in [3.05, 3.63) is 36.0 Å². The number of nitrogens with one attached hydrogen (secondary N) is 2. The molecule has 0 spiro atoms. The summed E-state index contributed by atoms with van der Waals surface area (Å²) in [5, 5.41) is 13.7. The van der Waals surface area contributed by atoms with Gasteiger partial charge in [0, 0.05) is 30.3 Å². The molecular formula is C15H22N2O. The molecule has 1 heterocycles. The molecule has 1 unspecified atom stereocenters. The maximum absolute atomic E-state index is 8.94. The van der Waals surface area contributed by atoms with Crippen LogP contribution >= 0.6 is 0 Å². The lowest BCUT2D eigenvalue weighted by Gasteiger charge is -2.08.